The highest BCUT2D eigenvalue weighted by Gasteiger charge is 2.38. The van der Waals surface area contributed by atoms with Crippen molar-refractivity contribution >= 4 is 68.1 Å². The second-order valence-electron chi connectivity index (χ2n) is 9.16. The zero-order valence-corrected chi connectivity index (χ0v) is 26.4. The van der Waals surface area contributed by atoms with Gasteiger partial charge in [0.1, 0.15) is 17.4 Å². The highest BCUT2D eigenvalue weighted by atomic mass is 35.5. The van der Waals surface area contributed by atoms with E-state index in [0.717, 1.165) is 11.8 Å². The molecule has 0 aromatic heterocycles. The third kappa shape index (κ3) is 9.30. The molecule has 41 heavy (non-hydrogen) atoms. The first-order valence-electron chi connectivity index (χ1n) is 12.4. The number of benzene rings is 3. The minimum Gasteiger partial charge on any atom is -0.493 e. The SMILES string of the molecule is CS(=O)(=O)OC1N(CCCOc2cccc(Cl)c2)C=CN1C(Cl)C(OCc1ccc(Cl)cc1Cl)c1ccc(Cl)cc1. The molecule has 1 aliphatic rings. The van der Waals surface area contributed by atoms with E-state index in [-0.39, 0.29) is 6.61 Å². The summed E-state index contributed by atoms with van der Waals surface area (Å²) in [5.41, 5.74) is 0.540. The summed E-state index contributed by atoms with van der Waals surface area (Å²) < 4.78 is 42.0. The van der Waals surface area contributed by atoms with Crippen LogP contribution in [0.15, 0.2) is 79.1 Å². The number of alkyl halides is 1. The fourth-order valence-electron chi connectivity index (χ4n) is 4.09. The van der Waals surface area contributed by atoms with Gasteiger partial charge in [-0.05, 0) is 60.0 Å². The summed E-state index contributed by atoms with van der Waals surface area (Å²) in [6.07, 6.45) is 3.17. The van der Waals surface area contributed by atoms with Crippen molar-refractivity contribution in [1.82, 2.24) is 9.80 Å². The maximum Gasteiger partial charge on any atom is 0.267 e. The van der Waals surface area contributed by atoms with E-state index in [1.807, 2.05) is 6.07 Å². The lowest BCUT2D eigenvalue weighted by Crippen LogP contribution is -2.47. The van der Waals surface area contributed by atoms with Gasteiger partial charge in [-0.3, -0.25) is 0 Å². The van der Waals surface area contributed by atoms with Gasteiger partial charge in [-0.25, -0.2) is 4.18 Å². The lowest BCUT2D eigenvalue weighted by atomic mass is 10.1. The third-order valence-electron chi connectivity index (χ3n) is 6.02. The van der Waals surface area contributed by atoms with Crippen LogP contribution in [0, 0.1) is 0 Å². The first-order chi connectivity index (χ1) is 19.5. The third-order valence-corrected chi connectivity index (χ3v) is 8.07. The Morgan fingerprint density at radius 2 is 1.61 bits per heavy atom. The quantitative estimate of drug-likeness (QED) is 0.0786. The van der Waals surface area contributed by atoms with Crippen LogP contribution in [0.5, 0.6) is 5.75 Å². The van der Waals surface area contributed by atoms with Crippen LogP contribution in [0.25, 0.3) is 0 Å². The lowest BCUT2D eigenvalue weighted by molar-refractivity contribution is -0.0668. The highest BCUT2D eigenvalue weighted by Crippen LogP contribution is 2.35. The van der Waals surface area contributed by atoms with Crippen molar-refractivity contribution in [2.75, 3.05) is 19.4 Å². The molecule has 13 heteroatoms. The molecule has 0 fully saturated rings. The van der Waals surface area contributed by atoms with Crippen LogP contribution in [0.4, 0.5) is 0 Å². The van der Waals surface area contributed by atoms with Crippen molar-refractivity contribution in [2.45, 2.75) is 31.0 Å². The molecule has 4 rings (SSSR count). The predicted octanol–water partition coefficient (Wildman–Crippen LogP) is 7.94. The molecule has 0 radical (unpaired) electrons. The molecule has 0 N–H and O–H groups in total. The zero-order chi connectivity index (χ0) is 29.6. The van der Waals surface area contributed by atoms with E-state index < -0.39 is 28.1 Å². The van der Waals surface area contributed by atoms with Crippen LogP contribution in [0.2, 0.25) is 20.1 Å². The topological polar surface area (TPSA) is 68.3 Å². The van der Waals surface area contributed by atoms with Crippen LogP contribution in [-0.4, -0.2) is 49.5 Å². The van der Waals surface area contributed by atoms with E-state index in [2.05, 4.69) is 0 Å². The molecule has 220 valence electrons. The summed E-state index contributed by atoms with van der Waals surface area (Å²) in [5.74, 6) is 0.643. The van der Waals surface area contributed by atoms with Gasteiger partial charge in [0.15, 0.2) is 0 Å². The average molecular weight is 681 g/mol. The molecule has 3 unspecified atom stereocenters. The minimum absolute atomic E-state index is 0.117. The summed E-state index contributed by atoms with van der Waals surface area (Å²) in [7, 11) is -3.86. The van der Waals surface area contributed by atoms with Gasteiger partial charge in [-0.15, -0.1) is 0 Å². The van der Waals surface area contributed by atoms with Crippen molar-refractivity contribution in [3.05, 3.63) is 110 Å². The average Bonchev–Trinajstić information content (AvgIpc) is 3.29. The smallest absolute Gasteiger partial charge is 0.267 e. The Morgan fingerprint density at radius 1 is 0.902 bits per heavy atom. The Bertz CT molecular complexity index is 1460. The fraction of sp³-hybridized carbons (Fsp3) is 0.286. The summed E-state index contributed by atoms with van der Waals surface area (Å²) in [6, 6.07) is 19.3. The molecule has 7 nitrogen and oxygen atoms in total. The Balaban J connectivity index is 1.50. The first-order valence-corrected chi connectivity index (χ1v) is 16.2. The van der Waals surface area contributed by atoms with Crippen LogP contribution < -0.4 is 4.74 Å². The lowest BCUT2D eigenvalue weighted by Gasteiger charge is -2.37. The molecule has 0 amide bonds. The minimum atomic E-state index is -3.86. The molecule has 0 aliphatic carbocycles. The number of hydrogen-bond acceptors (Lipinski definition) is 7. The summed E-state index contributed by atoms with van der Waals surface area (Å²) in [4.78, 5) is 3.32. The van der Waals surface area contributed by atoms with Gasteiger partial charge in [0.05, 0.1) is 19.5 Å². The number of hydrogen-bond donors (Lipinski definition) is 0. The zero-order valence-electron chi connectivity index (χ0n) is 21.8. The van der Waals surface area contributed by atoms with Crippen LogP contribution in [0.1, 0.15) is 23.7 Å². The number of halogens is 5. The number of ether oxygens (including phenoxy) is 2. The molecule has 0 saturated heterocycles. The van der Waals surface area contributed by atoms with Gasteiger partial charge in [0, 0.05) is 39.0 Å². The van der Waals surface area contributed by atoms with Crippen molar-refractivity contribution in [2.24, 2.45) is 0 Å². The Morgan fingerprint density at radius 3 is 2.29 bits per heavy atom. The Kier molecular flexibility index (Phi) is 11.4. The molecule has 0 bridgehead atoms. The van der Waals surface area contributed by atoms with Gasteiger partial charge >= 0.3 is 0 Å². The standard InChI is InChI=1S/C28H27Cl5N2O5S/c1-41(36,37)40-28-34(12-3-15-38-24-5-2-4-22(30)16-24)13-14-35(28)27(33)26(19-6-9-21(29)10-7-19)39-18-20-8-11-23(31)17-25(20)32/h2,4-11,13-14,16-17,26-28H,3,12,15,18H2,1H3. The monoisotopic (exact) mass is 678 g/mol. The normalized spacial score (nSPS) is 16.7. The van der Waals surface area contributed by atoms with Gasteiger partial charge in [0.25, 0.3) is 10.1 Å². The number of nitrogens with zero attached hydrogens (tertiary/aromatic N) is 2. The van der Waals surface area contributed by atoms with E-state index in [1.54, 1.807) is 82.9 Å². The number of rotatable bonds is 13. The predicted molar refractivity (Wildman–Crippen MR) is 164 cm³/mol. The molecular formula is C28H27Cl5N2O5S. The largest absolute Gasteiger partial charge is 0.493 e. The van der Waals surface area contributed by atoms with Crippen molar-refractivity contribution in [3.63, 3.8) is 0 Å². The molecule has 1 heterocycles. The van der Waals surface area contributed by atoms with Crippen molar-refractivity contribution in [3.8, 4) is 5.75 Å². The molecule has 1 aliphatic heterocycles. The maximum absolute atomic E-state index is 12.2. The van der Waals surface area contributed by atoms with Crippen molar-refractivity contribution in [1.29, 1.82) is 0 Å². The van der Waals surface area contributed by atoms with Crippen LogP contribution in [0.3, 0.4) is 0 Å². The second-order valence-corrected chi connectivity index (χ2v) is 12.9. The van der Waals surface area contributed by atoms with E-state index in [4.69, 9.17) is 71.7 Å². The van der Waals surface area contributed by atoms with Crippen LogP contribution in [-0.2, 0) is 25.6 Å². The van der Waals surface area contributed by atoms with E-state index in [0.29, 0.717) is 51.0 Å². The summed E-state index contributed by atoms with van der Waals surface area (Å²) in [5, 5.41) is 2.07. The molecule has 3 aromatic carbocycles. The first kappa shape index (κ1) is 32.0. The highest BCUT2D eigenvalue weighted by molar-refractivity contribution is 7.86. The summed E-state index contributed by atoms with van der Waals surface area (Å²) in [6.45, 7) is 0.912. The van der Waals surface area contributed by atoms with E-state index in [1.165, 1.54) is 0 Å². The molecular weight excluding hydrogens is 654 g/mol. The van der Waals surface area contributed by atoms with E-state index >= 15 is 0 Å². The maximum atomic E-state index is 12.2. The molecule has 3 atom stereocenters. The Labute approximate surface area is 265 Å². The Hall–Kier alpha value is -1.88. The fourth-order valence-corrected chi connectivity index (χ4v) is 5.76. The molecule has 0 spiro atoms. The second kappa shape index (κ2) is 14.5. The molecule has 3 aromatic rings. The van der Waals surface area contributed by atoms with Crippen molar-refractivity contribution < 1.29 is 22.1 Å². The van der Waals surface area contributed by atoms with Gasteiger partial charge in [-0.2, -0.15) is 8.42 Å². The van der Waals surface area contributed by atoms with E-state index in [9.17, 15) is 8.42 Å². The van der Waals surface area contributed by atoms with Gasteiger partial charge in [-0.1, -0.05) is 82.3 Å². The van der Waals surface area contributed by atoms with Gasteiger partial charge in [0.2, 0.25) is 6.35 Å². The summed E-state index contributed by atoms with van der Waals surface area (Å²) >= 11 is 31.6. The van der Waals surface area contributed by atoms with Gasteiger partial charge < -0.3 is 19.3 Å². The molecule has 0 saturated carbocycles. The van der Waals surface area contributed by atoms with Crippen LogP contribution >= 0.6 is 58.0 Å².